The molecular formula is C10H16N2O3. The molecule has 0 aliphatic heterocycles. The van der Waals surface area contributed by atoms with Gasteiger partial charge in [-0.1, -0.05) is 6.42 Å². The largest absolute Gasteiger partial charge is 0.481 e. The van der Waals surface area contributed by atoms with Gasteiger partial charge in [0.1, 0.15) is 0 Å². The van der Waals surface area contributed by atoms with Gasteiger partial charge < -0.3 is 9.67 Å². The molecule has 0 amide bonds. The minimum atomic E-state index is -0.758. The zero-order valence-electron chi connectivity index (χ0n) is 8.85. The highest BCUT2D eigenvalue weighted by molar-refractivity contribution is 5.66. The van der Waals surface area contributed by atoms with E-state index in [0.29, 0.717) is 13.0 Å². The Balaban J connectivity index is 2.24. The first-order chi connectivity index (χ1) is 7.11. The molecule has 0 atom stereocenters. The van der Waals surface area contributed by atoms with Gasteiger partial charge in [-0.3, -0.25) is 9.36 Å². The summed E-state index contributed by atoms with van der Waals surface area (Å²) in [5.74, 6) is -0.758. The number of hydrogen-bond donors (Lipinski definition) is 1. The number of hydrogen-bond acceptors (Lipinski definition) is 2. The van der Waals surface area contributed by atoms with Crippen LogP contribution >= 0.6 is 0 Å². The molecular weight excluding hydrogens is 196 g/mol. The number of aromatic nitrogens is 2. The number of rotatable bonds is 6. The first kappa shape index (κ1) is 11.6. The van der Waals surface area contributed by atoms with Gasteiger partial charge in [0.05, 0.1) is 0 Å². The van der Waals surface area contributed by atoms with E-state index in [9.17, 15) is 9.59 Å². The van der Waals surface area contributed by atoms with Gasteiger partial charge in [0.25, 0.3) is 0 Å². The van der Waals surface area contributed by atoms with Crippen LogP contribution in [0.5, 0.6) is 0 Å². The molecule has 0 saturated heterocycles. The maximum Gasteiger partial charge on any atom is 0.327 e. The molecule has 1 heterocycles. The normalized spacial score (nSPS) is 10.5. The molecule has 84 valence electrons. The molecule has 0 spiro atoms. The third-order valence-electron chi connectivity index (χ3n) is 2.31. The van der Waals surface area contributed by atoms with Crippen molar-refractivity contribution in [2.24, 2.45) is 7.05 Å². The van der Waals surface area contributed by atoms with Crippen LogP contribution in [0.15, 0.2) is 17.2 Å². The smallest absolute Gasteiger partial charge is 0.327 e. The summed E-state index contributed by atoms with van der Waals surface area (Å²) >= 11 is 0. The van der Waals surface area contributed by atoms with Gasteiger partial charge in [-0.2, -0.15) is 0 Å². The molecule has 0 radical (unpaired) electrons. The molecule has 15 heavy (non-hydrogen) atoms. The second-order valence-electron chi connectivity index (χ2n) is 3.59. The van der Waals surface area contributed by atoms with Gasteiger partial charge >= 0.3 is 11.7 Å². The number of carboxylic acid groups (broad SMARTS) is 1. The van der Waals surface area contributed by atoms with Crippen LogP contribution in [0.4, 0.5) is 0 Å². The van der Waals surface area contributed by atoms with Crippen molar-refractivity contribution in [3.05, 3.63) is 22.9 Å². The number of nitrogens with zero attached hydrogens (tertiary/aromatic N) is 2. The highest BCUT2D eigenvalue weighted by Crippen LogP contribution is 2.01. The van der Waals surface area contributed by atoms with Crippen LogP contribution in [-0.4, -0.2) is 20.2 Å². The number of carboxylic acids is 1. The van der Waals surface area contributed by atoms with Crippen LogP contribution in [0, 0.1) is 0 Å². The van der Waals surface area contributed by atoms with Gasteiger partial charge in [-0.25, -0.2) is 4.79 Å². The molecule has 0 aliphatic rings. The molecule has 5 nitrogen and oxygen atoms in total. The summed E-state index contributed by atoms with van der Waals surface area (Å²) in [7, 11) is 1.71. The highest BCUT2D eigenvalue weighted by atomic mass is 16.4. The van der Waals surface area contributed by atoms with Gasteiger partial charge in [-0.05, 0) is 12.8 Å². The summed E-state index contributed by atoms with van der Waals surface area (Å²) in [6, 6.07) is 0. The molecule has 1 aromatic heterocycles. The van der Waals surface area contributed by atoms with E-state index in [0.717, 1.165) is 12.8 Å². The van der Waals surface area contributed by atoms with E-state index < -0.39 is 5.97 Å². The first-order valence-corrected chi connectivity index (χ1v) is 5.05. The zero-order valence-corrected chi connectivity index (χ0v) is 8.85. The minimum Gasteiger partial charge on any atom is -0.481 e. The average Bonchev–Trinajstić information content (AvgIpc) is 2.48. The van der Waals surface area contributed by atoms with Crippen LogP contribution in [0.25, 0.3) is 0 Å². The third kappa shape index (κ3) is 3.61. The van der Waals surface area contributed by atoms with Gasteiger partial charge in [0.2, 0.25) is 0 Å². The molecule has 0 aromatic carbocycles. The molecule has 0 fully saturated rings. The molecule has 1 rings (SSSR count). The molecule has 0 saturated carbocycles. The van der Waals surface area contributed by atoms with E-state index in [1.54, 1.807) is 24.0 Å². The van der Waals surface area contributed by atoms with Crippen molar-refractivity contribution >= 4 is 5.97 Å². The molecule has 5 heteroatoms. The van der Waals surface area contributed by atoms with Crippen molar-refractivity contribution in [1.82, 2.24) is 9.13 Å². The van der Waals surface area contributed by atoms with Crippen molar-refractivity contribution in [2.45, 2.75) is 32.2 Å². The first-order valence-electron chi connectivity index (χ1n) is 5.05. The monoisotopic (exact) mass is 212 g/mol. The van der Waals surface area contributed by atoms with Crippen LogP contribution in [0.3, 0.4) is 0 Å². The number of aryl methyl sites for hydroxylation is 2. The highest BCUT2D eigenvalue weighted by Gasteiger charge is 2.00. The van der Waals surface area contributed by atoms with E-state index in [2.05, 4.69) is 0 Å². The van der Waals surface area contributed by atoms with Crippen LogP contribution in [0.1, 0.15) is 25.7 Å². The molecule has 1 N–H and O–H groups in total. The topological polar surface area (TPSA) is 64.2 Å². The van der Waals surface area contributed by atoms with Gasteiger partial charge in [0, 0.05) is 32.4 Å². The van der Waals surface area contributed by atoms with E-state index in [1.165, 1.54) is 4.57 Å². The van der Waals surface area contributed by atoms with Crippen molar-refractivity contribution in [2.75, 3.05) is 0 Å². The van der Waals surface area contributed by atoms with Crippen LogP contribution in [-0.2, 0) is 18.4 Å². The quantitative estimate of drug-likeness (QED) is 0.710. The molecule has 1 aromatic rings. The predicted molar refractivity (Wildman–Crippen MR) is 55.8 cm³/mol. The van der Waals surface area contributed by atoms with Crippen molar-refractivity contribution in [1.29, 1.82) is 0 Å². The fourth-order valence-electron chi connectivity index (χ4n) is 1.42. The standard InChI is InChI=1S/C10H16N2O3/c1-11-7-8-12(10(11)15)6-4-2-3-5-9(13)14/h7-8H,2-6H2,1H3,(H,13,14). The Morgan fingerprint density at radius 1 is 1.33 bits per heavy atom. The third-order valence-corrected chi connectivity index (χ3v) is 2.31. The predicted octanol–water partition coefficient (Wildman–Crippen LogP) is 0.832. The summed E-state index contributed by atoms with van der Waals surface area (Å²) in [6.07, 6.45) is 6.05. The Morgan fingerprint density at radius 3 is 2.60 bits per heavy atom. The summed E-state index contributed by atoms with van der Waals surface area (Å²) in [4.78, 5) is 21.6. The lowest BCUT2D eigenvalue weighted by Gasteiger charge is -2.00. The Labute approximate surface area is 88.0 Å². The zero-order chi connectivity index (χ0) is 11.3. The van der Waals surface area contributed by atoms with Gasteiger partial charge in [0.15, 0.2) is 0 Å². The minimum absolute atomic E-state index is 0.0202. The molecule has 0 bridgehead atoms. The summed E-state index contributed by atoms with van der Waals surface area (Å²) in [6.45, 7) is 0.666. The van der Waals surface area contributed by atoms with Crippen molar-refractivity contribution in [3.8, 4) is 0 Å². The van der Waals surface area contributed by atoms with Gasteiger partial charge in [-0.15, -0.1) is 0 Å². The Kier molecular flexibility index (Phi) is 4.15. The number of aliphatic carboxylic acids is 1. The van der Waals surface area contributed by atoms with Crippen molar-refractivity contribution < 1.29 is 9.90 Å². The number of carbonyl (C=O) groups is 1. The number of imidazole rings is 1. The van der Waals surface area contributed by atoms with E-state index >= 15 is 0 Å². The van der Waals surface area contributed by atoms with E-state index in [-0.39, 0.29) is 12.1 Å². The Hall–Kier alpha value is -1.52. The lowest BCUT2D eigenvalue weighted by atomic mass is 10.2. The van der Waals surface area contributed by atoms with E-state index in [4.69, 9.17) is 5.11 Å². The van der Waals surface area contributed by atoms with Crippen molar-refractivity contribution in [3.63, 3.8) is 0 Å². The Bertz CT molecular complexity index is 378. The number of unbranched alkanes of at least 4 members (excludes halogenated alkanes) is 2. The average molecular weight is 212 g/mol. The molecule has 0 aliphatic carbocycles. The Morgan fingerprint density at radius 2 is 2.07 bits per heavy atom. The molecule has 0 unspecified atom stereocenters. The maximum absolute atomic E-state index is 11.4. The lowest BCUT2D eigenvalue weighted by molar-refractivity contribution is -0.137. The summed E-state index contributed by atoms with van der Waals surface area (Å²) < 4.78 is 3.16. The fourth-order valence-corrected chi connectivity index (χ4v) is 1.42. The SMILES string of the molecule is Cn1ccn(CCCCCC(=O)O)c1=O. The maximum atomic E-state index is 11.4. The second kappa shape index (κ2) is 5.38. The van der Waals surface area contributed by atoms with Crippen LogP contribution < -0.4 is 5.69 Å². The second-order valence-corrected chi connectivity index (χ2v) is 3.59. The summed E-state index contributed by atoms with van der Waals surface area (Å²) in [5, 5.41) is 8.42. The van der Waals surface area contributed by atoms with E-state index in [1.807, 2.05) is 0 Å². The lowest BCUT2D eigenvalue weighted by Crippen LogP contribution is -2.21. The summed E-state index contributed by atoms with van der Waals surface area (Å²) in [5.41, 5.74) is -0.0202. The van der Waals surface area contributed by atoms with Crippen LogP contribution in [0.2, 0.25) is 0 Å². The fraction of sp³-hybridized carbons (Fsp3) is 0.600.